The average Bonchev–Trinajstić information content (AvgIpc) is 2.93. The Labute approximate surface area is 243 Å². The summed E-state index contributed by atoms with van der Waals surface area (Å²) in [6.07, 6.45) is 2.64. The molecule has 0 heterocycles. The van der Waals surface area contributed by atoms with Gasteiger partial charge in [0, 0.05) is 37.5 Å². The molecule has 0 fully saturated rings. The van der Waals surface area contributed by atoms with Crippen molar-refractivity contribution in [3.8, 4) is 0 Å². The summed E-state index contributed by atoms with van der Waals surface area (Å²) < 4.78 is 26.7. The summed E-state index contributed by atoms with van der Waals surface area (Å²) >= 11 is 6.16. The van der Waals surface area contributed by atoms with Gasteiger partial charge in [0.25, 0.3) is 0 Å². The van der Waals surface area contributed by atoms with Crippen molar-refractivity contribution in [3.05, 3.63) is 101 Å². The van der Waals surface area contributed by atoms with Gasteiger partial charge in [0.2, 0.25) is 21.8 Å². The number of carbonyl (C=O) groups is 2. The predicted molar refractivity (Wildman–Crippen MR) is 162 cm³/mol. The average molecular weight is 584 g/mol. The molecule has 0 spiro atoms. The minimum atomic E-state index is -3.62. The fourth-order valence-electron chi connectivity index (χ4n) is 4.53. The van der Waals surface area contributed by atoms with Gasteiger partial charge in [0.15, 0.2) is 0 Å². The van der Waals surface area contributed by atoms with Crippen molar-refractivity contribution >= 4 is 39.1 Å². The number of amides is 2. The van der Waals surface area contributed by atoms with E-state index in [4.69, 9.17) is 11.6 Å². The molecule has 0 saturated carbocycles. The van der Waals surface area contributed by atoms with Crippen LogP contribution in [0.5, 0.6) is 0 Å². The van der Waals surface area contributed by atoms with E-state index in [9.17, 15) is 18.0 Å². The van der Waals surface area contributed by atoms with Crippen LogP contribution in [-0.2, 0) is 32.6 Å². The standard InChI is InChI=1S/C31H38ClN3O4S/c1-4-19-33-31(37)29(21-25-12-7-5-8-13-25)34(23-26-14-9-6-10-15-26)30(36)16-11-20-35(40(3,38)39)28-22-27(32)18-17-24(28)2/h5-10,12-15,17-18,22,29H,4,11,16,19-21,23H2,1-3H3,(H,33,37)/t29-/m1/s1. The highest BCUT2D eigenvalue weighted by Crippen LogP contribution is 2.27. The second-order valence-electron chi connectivity index (χ2n) is 9.87. The molecular weight excluding hydrogens is 546 g/mol. The number of aryl methyl sites for hydroxylation is 1. The Morgan fingerprint density at radius 3 is 2.17 bits per heavy atom. The number of benzene rings is 3. The zero-order valence-corrected chi connectivity index (χ0v) is 24.9. The molecule has 0 aliphatic carbocycles. The lowest BCUT2D eigenvalue weighted by molar-refractivity contribution is -0.141. The third-order valence-corrected chi connectivity index (χ3v) is 8.02. The quantitative estimate of drug-likeness (QED) is 0.277. The highest BCUT2D eigenvalue weighted by atomic mass is 35.5. The lowest BCUT2D eigenvalue weighted by Crippen LogP contribution is -2.50. The lowest BCUT2D eigenvalue weighted by Gasteiger charge is -2.32. The van der Waals surface area contributed by atoms with Gasteiger partial charge in [-0.2, -0.15) is 0 Å². The molecule has 1 N–H and O–H groups in total. The lowest BCUT2D eigenvalue weighted by atomic mass is 10.0. The largest absolute Gasteiger partial charge is 0.354 e. The third kappa shape index (κ3) is 9.10. The van der Waals surface area contributed by atoms with Crippen molar-refractivity contribution in [2.45, 2.75) is 52.1 Å². The van der Waals surface area contributed by atoms with Crippen molar-refractivity contribution < 1.29 is 18.0 Å². The van der Waals surface area contributed by atoms with E-state index < -0.39 is 16.1 Å². The second-order valence-corrected chi connectivity index (χ2v) is 12.2. The van der Waals surface area contributed by atoms with E-state index in [-0.39, 0.29) is 37.7 Å². The van der Waals surface area contributed by atoms with Crippen LogP contribution in [0.25, 0.3) is 0 Å². The van der Waals surface area contributed by atoms with Crippen LogP contribution in [-0.4, -0.2) is 50.5 Å². The fourth-order valence-corrected chi connectivity index (χ4v) is 5.71. The first-order valence-corrected chi connectivity index (χ1v) is 15.7. The van der Waals surface area contributed by atoms with E-state index in [0.717, 1.165) is 29.4 Å². The minimum Gasteiger partial charge on any atom is -0.354 e. The van der Waals surface area contributed by atoms with Gasteiger partial charge in [-0.3, -0.25) is 13.9 Å². The highest BCUT2D eigenvalue weighted by Gasteiger charge is 2.30. The van der Waals surface area contributed by atoms with Crippen LogP contribution in [0.2, 0.25) is 5.02 Å². The van der Waals surface area contributed by atoms with E-state index in [1.54, 1.807) is 23.1 Å². The summed E-state index contributed by atoms with van der Waals surface area (Å²) in [6, 6.07) is 23.6. The second kappa shape index (κ2) is 14.9. The molecule has 214 valence electrons. The Kier molecular flexibility index (Phi) is 11.6. The minimum absolute atomic E-state index is 0.0742. The number of hydrogen-bond donors (Lipinski definition) is 1. The maximum absolute atomic E-state index is 13.8. The van der Waals surface area contributed by atoms with Gasteiger partial charge in [-0.1, -0.05) is 85.3 Å². The van der Waals surface area contributed by atoms with E-state index in [2.05, 4.69) is 5.32 Å². The van der Waals surface area contributed by atoms with Crippen LogP contribution in [0.15, 0.2) is 78.9 Å². The van der Waals surface area contributed by atoms with Crippen molar-refractivity contribution in [3.63, 3.8) is 0 Å². The maximum atomic E-state index is 13.8. The van der Waals surface area contributed by atoms with Gasteiger partial charge >= 0.3 is 0 Å². The van der Waals surface area contributed by atoms with E-state index in [0.29, 0.717) is 23.7 Å². The molecule has 0 bridgehead atoms. The monoisotopic (exact) mass is 583 g/mol. The van der Waals surface area contributed by atoms with Gasteiger partial charge in [-0.05, 0) is 48.6 Å². The molecule has 3 aromatic rings. The number of halogens is 1. The number of anilines is 1. The van der Waals surface area contributed by atoms with Crippen LogP contribution in [0.3, 0.4) is 0 Å². The van der Waals surface area contributed by atoms with E-state index in [1.807, 2.05) is 74.5 Å². The summed E-state index contributed by atoms with van der Waals surface area (Å²) in [5.74, 6) is -0.421. The van der Waals surface area contributed by atoms with Crippen molar-refractivity contribution in [2.24, 2.45) is 0 Å². The number of nitrogens with one attached hydrogen (secondary N) is 1. The van der Waals surface area contributed by atoms with E-state index >= 15 is 0 Å². The molecule has 3 rings (SSSR count). The normalized spacial score (nSPS) is 12.0. The number of nitrogens with zero attached hydrogens (tertiary/aromatic N) is 2. The topological polar surface area (TPSA) is 86.8 Å². The molecule has 7 nitrogen and oxygen atoms in total. The van der Waals surface area contributed by atoms with Gasteiger partial charge in [0.1, 0.15) is 6.04 Å². The van der Waals surface area contributed by atoms with Gasteiger partial charge in [-0.15, -0.1) is 0 Å². The molecule has 0 saturated heterocycles. The Bertz CT molecular complexity index is 1370. The van der Waals surface area contributed by atoms with Crippen LogP contribution >= 0.6 is 11.6 Å². The Morgan fingerprint density at radius 2 is 1.57 bits per heavy atom. The molecule has 0 aliphatic rings. The highest BCUT2D eigenvalue weighted by molar-refractivity contribution is 7.92. The smallest absolute Gasteiger partial charge is 0.243 e. The van der Waals surface area contributed by atoms with Gasteiger partial charge in [-0.25, -0.2) is 8.42 Å². The van der Waals surface area contributed by atoms with Crippen LogP contribution in [0.1, 0.15) is 42.9 Å². The predicted octanol–water partition coefficient (Wildman–Crippen LogP) is 5.36. The van der Waals surface area contributed by atoms with Crippen molar-refractivity contribution in [1.29, 1.82) is 0 Å². The molecule has 0 aliphatic heterocycles. The molecule has 0 aromatic heterocycles. The first-order chi connectivity index (χ1) is 19.1. The Hall–Kier alpha value is -3.36. The first-order valence-electron chi connectivity index (χ1n) is 13.5. The third-order valence-electron chi connectivity index (χ3n) is 6.61. The molecule has 0 unspecified atom stereocenters. The zero-order chi connectivity index (χ0) is 29.1. The first kappa shape index (κ1) is 31.2. The molecule has 40 heavy (non-hydrogen) atoms. The zero-order valence-electron chi connectivity index (χ0n) is 23.3. The number of carbonyl (C=O) groups excluding carboxylic acids is 2. The molecule has 3 aromatic carbocycles. The molecule has 9 heteroatoms. The summed E-state index contributed by atoms with van der Waals surface area (Å²) in [5, 5.41) is 3.40. The number of hydrogen-bond acceptors (Lipinski definition) is 4. The molecule has 0 radical (unpaired) electrons. The van der Waals surface area contributed by atoms with Crippen LogP contribution in [0.4, 0.5) is 5.69 Å². The summed E-state index contributed by atoms with van der Waals surface area (Å²) in [6.45, 7) is 4.68. The van der Waals surface area contributed by atoms with E-state index in [1.165, 1.54) is 4.31 Å². The Balaban J connectivity index is 1.86. The molecule has 1 atom stereocenters. The summed E-state index contributed by atoms with van der Waals surface area (Å²) in [7, 11) is -3.62. The SMILES string of the molecule is CCCNC(=O)[C@@H](Cc1ccccc1)N(Cc1ccccc1)C(=O)CCCN(c1cc(Cl)ccc1C)S(C)(=O)=O. The van der Waals surface area contributed by atoms with Crippen LogP contribution < -0.4 is 9.62 Å². The molecular formula is C31H38ClN3O4S. The van der Waals surface area contributed by atoms with Gasteiger partial charge in [0.05, 0.1) is 11.9 Å². The number of sulfonamides is 1. The van der Waals surface area contributed by atoms with Crippen molar-refractivity contribution in [2.75, 3.05) is 23.7 Å². The molecule has 2 amide bonds. The van der Waals surface area contributed by atoms with Gasteiger partial charge < -0.3 is 10.2 Å². The maximum Gasteiger partial charge on any atom is 0.243 e. The summed E-state index contributed by atoms with van der Waals surface area (Å²) in [5.41, 5.74) is 3.11. The Morgan fingerprint density at radius 1 is 0.950 bits per heavy atom. The van der Waals surface area contributed by atoms with Crippen LogP contribution in [0, 0.1) is 6.92 Å². The summed E-state index contributed by atoms with van der Waals surface area (Å²) in [4.78, 5) is 28.8. The van der Waals surface area contributed by atoms with Crippen molar-refractivity contribution in [1.82, 2.24) is 10.2 Å². The fraction of sp³-hybridized carbons (Fsp3) is 0.355. The number of rotatable bonds is 14.